The van der Waals surface area contributed by atoms with E-state index in [-0.39, 0.29) is 5.75 Å². The average Bonchev–Trinajstić information content (AvgIpc) is 2.03. The second-order valence-corrected chi connectivity index (χ2v) is 3.39. The molecule has 1 aromatic rings. The third kappa shape index (κ3) is 2.34. The van der Waals surface area contributed by atoms with Crippen LogP contribution in [0.4, 0.5) is 0 Å². The van der Waals surface area contributed by atoms with Crippen molar-refractivity contribution in [3.63, 3.8) is 0 Å². The molecule has 0 bridgehead atoms. The smallest absolute Gasteiger partial charge is 0.120 e. The van der Waals surface area contributed by atoms with Crippen LogP contribution in [-0.2, 0) is 11.2 Å². The van der Waals surface area contributed by atoms with Gasteiger partial charge in [0.15, 0.2) is 0 Å². The molecular formula is C9H9BrO2. The topological polar surface area (TPSA) is 37.3 Å². The molecule has 1 aromatic carbocycles. The van der Waals surface area contributed by atoms with E-state index in [9.17, 15) is 9.90 Å². The fourth-order valence-electron chi connectivity index (χ4n) is 0.963. The summed E-state index contributed by atoms with van der Waals surface area (Å²) < 4.78 is 0.842. The Morgan fingerprint density at radius 2 is 2.25 bits per heavy atom. The molecule has 0 fully saturated rings. The van der Waals surface area contributed by atoms with E-state index in [0.29, 0.717) is 12.8 Å². The van der Waals surface area contributed by atoms with Crippen LogP contribution in [0.3, 0.4) is 0 Å². The molecule has 2 nitrogen and oxygen atoms in total. The van der Waals surface area contributed by atoms with Gasteiger partial charge in [-0.05, 0) is 24.1 Å². The fourth-order valence-corrected chi connectivity index (χ4v) is 1.31. The summed E-state index contributed by atoms with van der Waals surface area (Å²) in [6.07, 6.45) is 1.90. The molecule has 1 rings (SSSR count). The molecule has 1 N–H and O–H groups in total. The van der Waals surface area contributed by atoms with Crippen LogP contribution in [0.2, 0.25) is 0 Å². The van der Waals surface area contributed by atoms with Gasteiger partial charge in [0.2, 0.25) is 0 Å². The highest BCUT2D eigenvalue weighted by Gasteiger charge is 2.00. The van der Waals surface area contributed by atoms with Gasteiger partial charge in [-0.2, -0.15) is 0 Å². The predicted octanol–water partition coefficient (Wildman–Crippen LogP) is 2.29. The Balaban J connectivity index is 2.78. The highest BCUT2D eigenvalue weighted by molar-refractivity contribution is 9.10. The number of hydrogen-bond donors (Lipinski definition) is 1. The molecule has 0 heterocycles. The fraction of sp³-hybridized carbons (Fsp3) is 0.222. The van der Waals surface area contributed by atoms with Gasteiger partial charge in [0.25, 0.3) is 0 Å². The standard InChI is InChI=1S/C9H9BrO2/c10-8-4-3-7(2-1-5-11)9(12)6-8/h3-6,12H,1-2H2. The Hall–Kier alpha value is -0.830. The summed E-state index contributed by atoms with van der Waals surface area (Å²) in [5, 5.41) is 9.37. The van der Waals surface area contributed by atoms with Crippen molar-refractivity contribution in [3.8, 4) is 5.75 Å². The lowest BCUT2D eigenvalue weighted by Crippen LogP contribution is -1.86. The number of aldehydes is 1. The van der Waals surface area contributed by atoms with Crippen molar-refractivity contribution in [3.05, 3.63) is 28.2 Å². The molecule has 0 aromatic heterocycles. The lowest BCUT2D eigenvalue weighted by atomic mass is 10.1. The minimum absolute atomic E-state index is 0.242. The Labute approximate surface area is 79.3 Å². The van der Waals surface area contributed by atoms with Gasteiger partial charge in [-0.15, -0.1) is 0 Å². The second kappa shape index (κ2) is 4.26. The minimum Gasteiger partial charge on any atom is -0.508 e. The summed E-state index contributed by atoms with van der Waals surface area (Å²) in [7, 11) is 0. The molecule has 12 heavy (non-hydrogen) atoms. The largest absolute Gasteiger partial charge is 0.508 e. The van der Waals surface area contributed by atoms with Crippen molar-refractivity contribution in [1.82, 2.24) is 0 Å². The van der Waals surface area contributed by atoms with Crippen LogP contribution in [-0.4, -0.2) is 11.4 Å². The van der Waals surface area contributed by atoms with Gasteiger partial charge in [0.1, 0.15) is 12.0 Å². The Morgan fingerprint density at radius 1 is 1.50 bits per heavy atom. The maximum absolute atomic E-state index is 10.1. The van der Waals surface area contributed by atoms with E-state index in [0.717, 1.165) is 16.3 Å². The van der Waals surface area contributed by atoms with Gasteiger partial charge < -0.3 is 9.90 Å². The quantitative estimate of drug-likeness (QED) is 0.807. The number of aryl methyl sites for hydroxylation is 1. The first-order valence-electron chi connectivity index (χ1n) is 3.65. The molecule has 0 aliphatic carbocycles. The molecule has 0 unspecified atom stereocenters. The molecule has 64 valence electrons. The molecule has 0 saturated heterocycles. The number of benzene rings is 1. The van der Waals surface area contributed by atoms with Crippen molar-refractivity contribution in [2.75, 3.05) is 0 Å². The van der Waals surface area contributed by atoms with Crippen molar-refractivity contribution in [1.29, 1.82) is 0 Å². The van der Waals surface area contributed by atoms with Crippen molar-refractivity contribution < 1.29 is 9.90 Å². The van der Waals surface area contributed by atoms with Crippen LogP contribution in [0.5, 0.6) is 5.75 Å². The average molecular weight is 229 g/mol. The SMILES string of the molecule is O=CCCc1ccc(Br)cc1O. The number of phenols is 1. The summed E-state index contributed by atoms with van der Waals surface area (Å²) in [6, 6.07) is 5.28. The Bertz CT molecular complexity index is 284. The summed E-state index contributed by atoms with van der Waals surface area (Å²) in [5.41, 5.74) is 0.810. The van der Waals surface area contributed by atoms with E-state index >= 15 is 0 Å². The summed E-state index contributed by atoms with van der Waals surface area (Å²) in [6.45, 7) is 0. The Kier molecular flexibility index (Phi) is 3.29. The van der Waals surface area contributed by atoms with Gasteiger partial charge >= 0.3 is 0 Å². The third-order valence-corrected chi connectivity index (χ3v) is 2.07. The minimum atomic E-state index is 0.242. The number of hydrogen-bond acceptors (Lipinski definition) is 2. The van der Waals surface area contributed by atoms with E-state index in [1.54, 1.807) is 6.07 Å². The summed E-state index contributed by atoms with van der Waals surface area (Å²) in [5.74, 6) is 0.242. The Morgan fingerprint density at radius 3 is 2.83 bits per heavy atom. The van der Waals surface area contributed by atoms with Gasteiger partial charge in [-0.1, -0.05) is 22.0 Å². The third-order valence-electron chi connectivity index (χ3n) is 1.58. The van der Waals surface area contributed by atoms with Crippen LogP contribution in [0.1, 0.15) is 12.0 Å². The number of carbonyl (C=O) groups is 1. The molecule has 0 atom stereocenters. The molecular weight excluding hydrogens is 220 g/mol. The van der Waals surface area contributed by atoms with Crippen LogP contribution in [0.25, 0.3) is 0 Å². The highest BCUT2D eigenvalue weighted by atomic mass is 79.9. The maximum Gasteiger partial charge on any atom is 0.120 e. The van der Waals surface area contributed by atoms with Crippen LogP contribution in [0, 0.1) is 0 Å². The van der Waals surface area contributed by atoms with Crippen LogP contribution >= 0.6 is 15.9 Å². The first kappa shape index (κ1) is 9.26. The molecule has 0 spiro atoms. The number of halogens is 1. The van der Waals surface area contributed by atoms with Crippen LogP contribution in [0.15, 0.2) is 22.7 Å². The number of carbonyl (C=O) groups excluding carboxylic acids is 1. The van der Waals surface area contributed by atoms with Gasteiger partial charge in [0, 0.05) is 10.9 Å². The molecule has 0 aliphatic heterocycles. The number of aromatic hydroxyl groups is 1. The van der Waals surface area contributed by atoms with Crippen molar-refractivity contribution in [2.45, 2.75) is 12.8 Å². The molecule has 0 amide bonds. The normalized spacial score (nSPS) is 9.75. The first-order chi connectivity index (χ1) is 5.74. The number of phenolic OH excluding ortho intramolecular Hbond substituents is 1. The van der Waals surface area contributed by atoms with E-state index in [4.69, 9.17) is 0 Å². The number of rotatable bonds is 3. The zero-order chi connectivity index (χ0) is 8.97. The lowest BCUT2D eigenvalue weighted by Gasteiger charge is -2.01. The predicted molar refractivity (Wildman–Crippen MR) is 50.2 cm³/mol. The van der Waals surface area contributed by atoms with E-state index < -0.39 is 0 Å². The summed E-state index contributed by atoms with van der Waals surface area (Å²) >= 11 is 3.23. The highest BCUT2D eigenvalue weighted by Crippen LogP contribution is 2.22. The molecule has 0 aliphatic rings. The zero-order valence-corrected chi connectivity index (χ0v) is 8.04. The zero-order valence-electron chi connectivity index (χ0n) is 6.46. The van der Waals surface area contributed by atoms with E-state index in [2.05, 4.69) is 15.9 Å². The first-order valence-corrected chi connectivity index (χ1v) is 4.44. The molecule has 0 radical (unpaired) electrons. The maximum atomic E-state index is 10.1. The second-order valence-electron chi connectivity index (χ2n) is 2.48. The van der Waals surface area contributed by atoms with Gasteiger partial charge in [-0.25, -0.2) is 0 Å². The van der Waals surface area contributed by atoms with Crippen LogP contribution < -0.4 is 0 Å². The van der Waals surface area contributed by atoms with Crippen molar-refractivity contribution in [2.24, 2.45) is 0 Å². The lowest BCUT2D eigenvalue weighted by molar-refractivity contribution is -0.107. The monoisotopic (exact) mass is 228 g/mol. The molecule has 0 saturated carbocycles. The van der Waals surface area contributed by atoms with Gasteiger partial charge in [-0.3, -0.25) is 0 Å². The van der Waals surface area contributed by atoms with Crippen molar-refractivity contribution >= 4 is 22.2 Å². The van der Waals surface area contributed by atoms with Gasteiger partial charge in [0.05, 0.1) is 0 Å². The van der Waals surface area contributed by atoms with E-state index in [1.807, 2.05) is 12.1 Å². The molecule has 3 heteroatoms. The van der Waals surface area contributed by atoms with E-state index in [1.165, 1.54) is 0 Å². The summed E-state index contributed by atoms with van der Waals surface area (Å²) in [4.78, 5) is 10.1.